The van der Waals surface area contributed by atoms with E-state index in [-0.39, 0.29) is 18.0 Å². The maximum Gasteiger partial charge on any atom is 0.410 e. The van der Waals surface area contributed by atoms with Crippen LogP contribution in [0.3, 0.4) is 0 Å². The molecule has 1 aromatic heterocycles. The highest BCUT2D eigenvalue weighted by Crippen LogP contribution is 2.31. The van der Waals surface area contributed by atoms with Crippen LogP contribution in [0.25, 0.3) is 0 Å². The van der Waals surface area contributed by atoms with Crippen LogP contribution in [0.2, 0.25) is 0 Å². The maximum absolute atomic E-state index is 12.4. The van der Waals surface area contributed by atoms with Crippen molar-refractivity contribution in [2.45, 2.75) is 38.8 Å². The zero-order valence-electron chi connectivity index (χ0n) is 13.2. The van der Waals surface area contributed by atoms with Crippen molar-refractivity contribution in [3.8, 4) is 0 Å². The minimum Gasteiger partial charge on any atom is -0.459 e. The number of fused-ring (bicyclic) bond motifs is 2. The number of carbonyl (C=O) groups is 2. The summed E-state index contributed by atoms with van der Waals surface area (Å²) in [4.78, 5) is 28.2. The molecular formula is C16H22N2O4. The molecule has 120 valence electrons. The summed E-state index contributed by atoms with van der Waals surface area (Å²) < 4.78 is 10.6. The minimum atomic E-state index is -0.503. The summed E-state index contributed by atoms with van der Waals surface area (Å²) in [5.74, 6) is 0.557. The second-order valence-electron chi connectivity index (χ2n) is 7.08. The summed E-state index contributed by atoms with van der Waals surface area (Å²) in [6.07, 6.45) is 2.15. The van der Waals surface area contributed by atoms with Gasteiger partial charge in [0.05, 0.1) is 12.3 Å². The molecule has 22 heavy (non-hydrogen) atoms. The smallest absolute Gasteiger partial charge is 0.410 e. The van der Waals surface area contributed by atoms with Gasteiger partial charge in [-0.3, -0.25) is 4.79 Å². The lowest BCUT2D eigenvalue weighted by Gasteiger charge is -2.32. The molecule has 0 radical (unpaired) electrons. The first-order valence-corrected chi connectivity index (χ1v) is 7.66. The Morgan fingerprint density at radius 1 is 1.27 bits per heavy atom. The summed E-state index contributed by atoms with van der Waals surface area (Å²) in [6.45, 7) is 7.44. The molecule has 0 saturated carbocycles. The second-order valence-corrected chi connectivity index (χ2v) is 7.08. The van der Waals surface area contributed by atoms with Gasteiger partial charge in [0.2, 0.25) is 0 Å². The Bertz CT molecular complexity index is 561. The van der Waals surface area contributed by atoms with Crippen molar-refractivity contribution in [1.82, 2.24) is 9.80 Å². The largest absolute Gasteiger partial charge is 0.459 e. The van der Waals surface area contributed by atoms with Crippen LogP contribution >= 0.6 is 0 Å². The molecule has 2 aliphatic rings. The number of nitrogens with zero attached hydrogens (tertiary/aromatic N) is 2. The van der Waals surface area contributed by atoms with E-state index < -0.39 is 5.60 Å². The zero-order chi connectivity index (χ0) is 15.9. The molecule has 2 aliphatic heterocycles. The Kier molecular flexibility index (Phi) is 3.62. The van der Waals surface area contributed by atoms with E-state index in [1.54, 1.807) is 21.9 Å². The van der Waals surface area contributed by atoms with Crippen LogP contribution in [-0.4, -0.2) is 53.1 Å². The average Bonchev–Trinajstić information content (AvgIpc) is 3.04. The van der Waals surface area contributed by atoms with E-state index in [1.807, 2.05) is 20.8 Å². The Balaban J connectivity index is 1.67. The van der Waals surface area contributed by atoms with Gasteiger partial charge < -0.3 is 19.0 Å². The van der Waals surface area contributed by atoms with Crippen molar-refractivity contribution in [3.63, 3.8) is 0 Å². The van der Waals surface area contributed by atoms with Crippen LogP contribution in [0, 0.1) is 5.92 Å². The third-order valence-corrected chi connectivity index (χ3v) is 4.06. The van der Waals surface area contributed by atoms with Crippen LogP contribution in [0.15, 0.2) is 22.8 Å². The molecule has 0 unspecified atom stereocenters. The van der Waals surface area contributed by atoms with Gasteiger partial charge in [0.15, 0.2) is 5.76 Å². The van der Waals surface area contributed by atoms with Gasteiger partial charge in [-0.25, -0.2) is 4.79 Å². The molecule has 0 N–H and O–H groups in total. The summed E-state index contributed by atoms with van der Waals surface area (Å²) in [6, 6.07) is 3.41. The summed E-state index contributed by atoms with van der Waals surface area (Å²) in [7, 11) is 0. The average molecular weight is 306 g/mol. The fourth-order valence-corrected chi connectivity index (χ4v) is 3.23. The van der Waals surface area contributed by atoms with Gasteiger partial charge in [0.1, 0.15) is 5.60 Å². The van der Waals surface area contributed by atoms with E-state index in [4.69, 9.17) is 9.15 Å². The molecule has 3 heterocycles. The number of rotatable bonds is 1. The van der Waals surface area contributed by atoms with E-state index in [0.717, 1.165) is 6.42 Å². The van der Waals surface area contributed by atoms with E-state index >= 15 is 0 Å². The summed E-state index contributed by atoms with van der Waals surface area (Å²) >= 11 is 0. The predicted octanol–water partition coefficient (Wildman–Crippen LogP) is 2.36. The molecule has 6 nitrogen and oxygen atoms in total. The molecule has 0 aliphatic carbocycles. The molecule has 2 amide bonds. The van der Waals surface area contributed by atoms with Crippen molar-refractivity contribution >= 4 is 12.0 Å². The van der Waals surface area contributed by atoms with Gasteiger partial charge in [-0.15, -0.1) is 0 Å². The van der Waals surface area contributed by atoms with E-state index in [1.165, 1.54) is 6.26 Å². The Morgan fingerprint density at radius 2 is 2.05 bits per heavy atom. The minimum absolute atomic E-state index is 0.0347. The first-order valence-electron chi connectivity index (χ1n) is 7.66. The third kappa shape index (κ3) is 2.96. The number of likely N-dealkylation sites (tertiary alicyclic amines) is 2. The Morgan fingerprint density at radius 3 is 2.68 bits per heavy atom. The zero-order valence-corrected chi connectivity index (χ0v) is 13.2. The lowest BCUT2D eigenvalue weighted by molar-refractivity contribution is 0.0206. The standard InChI is InChI=1S/C16H22N2O4/c1-16(2,3)22-15(20)18-9-11-7-12(18)10-17(8-11)14(19)13-5-4-6-21-13/h4-6,11-12H,7-10H2,1-3H3/t11-,12+/m0/s1. The van der Waals surface area contributed by atoms with E-state index in [0.29, 0.717) is 31.3 Å². The van der Waals surface area contributed by atoms with Crippen molar-refractivity contribution < 1.29 is 18.7 Å². The van der Waals surface area contributed by atoms with Crippen molar-refractivity contribution in [2.24, 2.45) is 5.92 Å². The number of piperidine rings is 1. The van der Waals surface area contributed by atoms with Gasteiger partial charge in [-0.05, 0) is 45.2 Å². The highest BCUT2D eigenvalue weighted by atomic mass is 16.6. The Labute approximate surface area is 130 Å². The number of ether oxygens (including phenoxy) is 1. The lowest BCUT2D eigenvalue weighted by atomic mass is 10.00. The number of carbonyl (C=O) groups excluding carboxylic acids is 2. The van der Waals surface area contributed by atoms with E-state index in [2.05, 4.69) is 0 Å². The molecule has 0 aromatic carbocycles. The molecule has 6 heteroatoms. The maximum atomic E-state index is 12.4. The van der Waals surface area contributed by atoms with Crippen molar-refractivity contribution in [1.29, 1.82) is 0 Å². The van der Waals surface area contributed by atoms with Crippen LogP contribution in [0.5, 0.6) is 0 Å². The predicted molar refractivity (Wildman–Crippen MR) is 79.4 cm³/mol. The monoisotopic (exact) mass is 306 g/mol. The normalized spacial score (nSPS) is 24.5. The molecule has 2 saturated heterocycles. The molecule has 2 atom stereocenters. The van der Waals surface area contributed by atoms with E-state index in [9.17, 15) is 9.59 Å². The van der Waals surface area contributed by atoms with Crippen molar-refractivity contribution in [2.75, 3.05) is 19.6 Å². The van der Waals surface area contributed by atoms with Gasteiger partial charge >= 0.3 is 6.09 Å². The molecule has 2 bridgehead atoms. The molecular weight excluding hydrogens is 284 g/mol. The van der Waals surface area contributed by atoms with Gasteiger partial charge in [-0.2, -0.15) is 0 Å². The van der Waals surface area contributed by atoms with Crippen LogP contribution in [-0.2, 0) is 4.74 Å². The molecule has 2 fully saturated rings. The SMILES string of the molecule is CC(C)(C)OC(=O)N1C[C@H]2C[C@@H]1CN(C(=O)c1ccco1)C2. The fraction of sp³-hybridized carbons (Fsp3) is 0.625. The summed E-state index contributed by atoms with van der Waals surface area (Å²) in [5, 5.41) is 0. The van der Waals surface area contributed by atoms with Gasteiger partial charge in [0.25, 0.3) is 5.91 Å². The first kappa shape index (κ1) is 14.9. The first-order chi connectivity index (χ1) is 10.3. The van der Waals surface area contributed by atoms with Gasteiger partial charge in [-0.1, -0.05) is 0 Å². The topological polar surface area (TPSA) is 63.0 Å². The number of amides is 2. The van der Waals surface area contributed by atoms with Crippen molar-refractivity contribution in [3.05, 3.63) is 24.2 Å². The Hall–Kier alpha value is -1.98. The quantitative estimate of drug-likeness (QED) is 0.799. The molecule has 0 spiro atoms. The van der Waals surface area contributed by atoms with Crippen LogP contribution < -0.4 is 0 Å². The fourth-order valence-electron chi connectivity index (χ4n) is 3.23. The third-order valence-electron chi connectivity index (χ3n) is 4.06. The molecule has 1 aromatic rings. The lowest BCUT2D eigenvalue weighted by Crippen LogP contribution is -2.47. The summed E-state index contributed by atoms with van der Waals surface area (Å²) in [5.41, 5.74) is -0.503. The van der Waals surface area contributed by atoms with Crippen LogP contribution in [0.1, 0.15) is 37.7 Å². The van der Waals surface area contributed by atoms with Gasteiger partial charge in [0, 0.05) is 19.6 Å². The number of hydrogen-bond acceptors (Lipinski definition) is 4. The highest BCUT2D eigenvalue weighted by Gasteiger charge is 2.43. The van der Waals surface area contributed by atoms with Crippen LogP contribution in [0.4, 0.5) is 4.79 Å². The number of hydrogen-bond donors (Lipinski definition) is 0. The molecule has 3 rings (SSSR count). The number of furan rings is 1. The highest BCUT2D eigenvalue weighted by molar-refractivity contribution is 5.91. The second kappa shape index (κ2) is 5.34.